The Bertz CT molecular complexity index is 535. The van der Waals surface area contributed by atoms with Crippen LogP contribution in [-0.2, 0) is 4.79 Å². The van der Waals surface area contributed by atoms with Gasteiger partial charge in [0.15, 0.2) is 0 Å². The SMILES string of the molecule is CN1CC[C@H](N(C)C(=O)c2cc(F)ccc2Br)C1=O. The van der Waals surface area contributed by atoms with Gasteiger partial charge in [-0.25, -0.2) is 4.39 Å². The Morgan fingerprint density at radius 3 is 2.79 bits per heavy atom. The number of carbonyl (C=O) groups is 2. The fourth-order valence-electron chi connectivity index (χ4n) is 2.16. The van der Waals surface area contributed by atoms with Gasteiger partial charge in [-0.05, 0) is 40.5 Å². The fraction of sp³-hybridized carbons (Fsp3) is 0.385. The summed E-state index contributed by atoms with van der Waals surface area (Å²) in [6.45, 7) is 0.630. The third-order valence-corrected chi connectivity index (χ3v) is 4.04. The Kier molecular flexibility index (Phi) is 3.89. The predicted molar refractivity (Wildman–Crippen MR) is 72.2 cm³/mol. The lowest BCUT2D eigenvalue weighted by Crippen LogP contribution is -2.42. The van der Waals surface area contributed by atoms with E-state index in [1.54, 1.807) is 19.0 Å². The summed E-state index contributed by atoms with van der Waals surface area (Å²) in [5.41, 5.74) is 0.227. The van der Waals surface area contributed by atoms with E-state index in [1.807, 2.05) is 0 Å². The number of benzene rings is 1. The van der Waals surface area contributed by atoms with Crippen molar-refractivity contribution in [3.8, 4) is 0 Å². The summed E-state index contributed by atoms with van der Waals surface area (Å²) in [6, 6.07) is 3.47. The number of hydrogen-bond acceptors (Lipinski definition) is 2. The van der Waals surface area contributed by atoms with Crippen LogP contribution in [0.4, 0.5) is 4.39 Å². The van der Waals surface area contributed by atoms with Crippen LogP contribution < -0.4 is 0 Å². The van der Waals surface area contributed by atoms with Crippen LogP contribution >= 0.6 is 15.9 Å². The van der Waals surface area contributed by atoms with Crippen molar-refractivity contribution in [2.24, 2.45) is 0 Å². The van der Waals surface area contributed by atoms with Crippen LogP contribution in [0.5, 0.6) is 0 Å². The van der Waals surface area contributed by atoms with E-state index < -0.39 is 11.9 Å². The maximum absolute atomic E-state index is 13.2. The molecular formula is C13H14BrFN2O2. The average Bonchev–Trinajstić information content (AvgIpc) is 2.71. The number of nitrogens with zero attached hydrogens (tertiary/aromatic N) is 2. The molecule has 0 unspecified atom stereocenters. The van der Waals surface area contributed by atoms with Crippen LogP contribution in [0.25, 0.3) is 0 Å². The molecule has 6 heteroatoms. The van der Waals surface area contributed by atoms with E-state index in [-0.39, 0.29) is 17.4 Å². The van der Waals surface area contributed by atoms with Crippen molar-refractivity contribution in [1.82, 2.24) is 9.80 Å². The van der Waals surface area contributed by atoms with Crippen LogP contribution in [0.1, 0.15) is 16.8 Å². The highest BCUT2D eigenvalue weighted by atomic mass is 79.9. The Balaban J connectivity index is 2.24. The van der Waals surface area contributed by atoms with Gasteiger partial charge in [0.25, 0.3) is 5.91 Å². The van der Waals surface area contributed by atoms with E-state index in [9.17, 15) is 14.0 Å². The predicted octanol–water partition coefficient (Wildman–Crippen LogP) is 1.89. The van der Waals surface area contributed by atoms with Gasteiger partial charge in [0.05, 0.1) is 5.56 Å². The molecule has 0 aromatic heterocycles. The van der Waals surface area contributed by atoms with E-state index >= 15 is 0 Å². The van der Waals surface area contributed by atoms with Gasteiger partial charge in [0, 0.05) is 25.1 Å². The first-order valence-corrected chi connectivity index (χ1v) is 6.68. The minimum absolute atomic E-state index is 0.0802. The van der Waals surface area contributed by atoms with E-state index in [1.165, 1.54) is 23.1 Å². The molecule has 0 saturated carbocycles. The molecule has 1 aliphatic heterocycles. The zero-order chi connectivity index (χ0) is 14.2. The molecule has 1 aliphatic rings. The van der Waals surface area contributed by atoms with E-state index in [0.29, 0.717) is 17.4 Å². The summed E-state index contributed by atoms with van der Waals surface area (Å²) in [4.78, 5) is 27.2. The molecule has 1 aromatic rings. The number of likely N-dealkylation sites (N-methyl/N-ethyl adjacent to an activating group) is 2. The van der Waals surface area contributed by atoms with E-state index in [4.69, 9.17) is 0 Å². The third kappa shape index (κ3) is 2.63. The van der Waals surface area contributed by atoms with Crippen molar-refractivity contribution in [3.63, 3.8) is 0 Å². The minimum atomic E-state index is -0.477. The first kappa shape index (κ1) is 14.0. The largest absolute Gasteiger partial charge is 0.344 e. The maximum atomic E-state index is 13.2. The lowest BCUT2D eigenvalue weighted by molar-refractivity contribution is -0.130. The summed E-state index contributed by atoms with van der Waals surface area (Å²) >= 11 is 3.23. The fourth-order valence-corrected chi connectivity index (χ4v) is 2.57. The minimum Gasteiger partial charge on any atom is -0.344 e. The summed E-state index contributed by atoms with van der Waals surface area (Å²) < 4.78 is 13.7. The monoisotopic (exact) mass is 328 g/mol. The van der Waals surface area contributed by atoms with Crippen molar-refractivity contribution in [2.45, 2.75) is 12.5 Å². The van der Waals surface area contributed by atoms with E-state index in [0.717, 1.165) is 0 Å². The molecule has 1 atom stereocenters. The second-order valence-electron chi connectivity index (χ2n) is 4.60. The number of rotatable bonds is 2. The Morgan fingerprint density at radius 2 is 2.21 bits per heavy atom. The van der Waals surface area contributed by atoms with Gasteiger partial charge in [0.2, 0.25) is 5.91 Å². The normalized spacial score (nSPS) is 18.8. The third-order valence-electron chi connectivity index (χ3n) is 3.35. The van der Waals surface area contributed by atoms with Crippen molar-refractivity contribution in [3.05, 3.63) is 34.1 Å². The molecule has 0 N–H and O–H groups in total. The molecule has 1 saturated heterocycles. The molecule has 2 rings (SSSR count). The van der Waals surface area contributed by atoms with E-state index in [2.05, 4.69) is 15.9 Å². The Hall–Kier alpha value is -1.43. The molecule has 19 heavy (non-hydrogen) atoms. The molecule has 2 amide bonds. The molecule has 0 spiro atoms. The molecule has 1 fully saturated rings. The van der Waals surface area contributed by atoms with Crippen LogP contribution in [0, 0.1) is 5.82 Å². The van der Waals surface area contributed by atoms with Gasteiger partial charge in [-0.2, -0.15) is 0 Å². The molecule has 0 bridgehead atoms. The quantitative estimate of drug-likeness (QED) is 0.831. The molecule has 4 nitrogen and oxygen atoms in total. The van der Waals surface area contributed by atoms with Crippen molar-refractivity contribution < 1.29 is 14.0 Å². The van der Waals surface area contributed by atoms with Gasteiger partial charge in [-0.1, -0.05) is 0 Å². The zero-order valence-corrected chi connectivity index (χ0v) is 12.3. The van der Waals surface area contributed by atoms with Crippen LogP contribution in [0.3, 0.4) is 0 Å². The standard InChI is InChI=1S/C13H14BrFN2O2/c1-16-6-5-11(13(16)19)17(2)12(18)9-7-8(15)3-4-10(9)14/h3-4,7,11H,5-6H2,1-2H3/t11-/m0/s1. The first-order valence-electron chi connectivity index (χ1n) is 5.89. The molecular weight excluding hydrogens is 315 g/mol. The Morgan fingerprint density at radius 1 is 1.53 bits per heavy atom. The molecule has 1 heterocycles. The second-order valence-corrected chi connectivity index (χ2v) is 5.46. The van der Waals surface area contributed by atoms with Gasteiger partial charge < -0.3 is 9.80 Å². The molecule has 1 aromatic carbocycles. The lowest BCUT2D eigenvalue weighted by atomic mass is 10.1. The number of halogens is 2. The van der Waals surface area contributed by atoms with Crippen molar-refractivity contribution >= 4 is 27.7 Å². The molecule has 0 radical (unpaired) electrons. The van der Waals surface area contributed by atoms with Crippen LogP contribution in [0.15, 0.2) is 22.7 Å². The Labute approximate surface area is 119 Å². The topological polar surface area (TPSA) is 40.6 Å². The van der Waals surface area contributed by atoms with Gasteiger partial charge >= 0.3 is 0 Å². The number of amides is 2. The highest BCUT2D eigenvalue weighted by Gasteiger charge is 2.35. The average molecular weight is 329 g/mol. The number of hydrogen-bond donors (Lipinski definition) is 0. The van der Waals surface area contributed by atoms with Crippen molar-refractivity contribution in [1.29, 1.82) is 0 Å². The lowest BCUT2D eigenvalue weighted by Gasteiger charge is -2.23. The second kappa shape index (κ2) is 5.28. The van der Waals surface area contributed by atoms with Gasteiger partial charge in [-0.3, -0.25) is 9.59 Å². The first-order chi connectivity index (χ1) is 8.91. The maximum Gasteiger partial charge on any atom is 0.255 e. The summed E-state index contributed by atoms with van der Waals surface area (Å²) in [7, 11) is 3.28. The van der Waals surface area contributed by atoms with Gasteiger partial charge in [0.1, 0.15) is 11.9 Å². The summed E-state index contributed by atoms with van der Waals surface area (Å²) in [6.07, 6.45) is 0.602. The summed E-state index contributed by atoms with van der Waals surface area (Å²) in [5, 5.41) is 0. The van der Waals surface area contributed by atoms with Gasteiger partial charge in [-0.15, -0.1) is 0 Å². The highest BCUT2D eigenvalue weighted by Crippen LogP contribution is 2.22. The molecule has 0 aliphatic carbocycles. The van der Waals surface area contributed by atoms with Crippen LogP contribution in [0.2, 0.25) is 0 Å². The summed E-state index contributed by atoms with van der Waals surface area (Å²) in [5.74, 6) is -0.918. The van der Waals surface area contributed by atoms with Crippen LogP contribution in [-0.4, -0.2) is 48.3 Å². The number of carbonyl (C=O) groups excluding carboxylic acids is 2. The molecule has 102 valence electrons. The van der Waals surface area contributed by atoms with Crippen molar-refractivity contribution in [2.75, 3.05) is 20.6 Å². The number of likely N-dealkylation sites (tertiary alicyclic amines) is 1. The highest BCUT2D eigenvalue weighted by molar-refractivity contribution is 9.10. The smallest absolute Gasteiger partial charge is 0.255 e. The zero-order valence-electron chi connectivity index (χ0n) is 10.7.